The smallest absolute Gasteiger partial charge is 0.246 e. The molecule has 8 heteroatoms. The van der Waals surface area contributed by atoms with Crippen molar-refractivity contribution < 1.29 is 22.0 Å². The Morgan fingerprint density at radius 2 is 1.73 bits per heavy atom. The Bertz CT molecular complexity index is 991. The van der Waals surface area contributed by atoms with Crippen LogP contribution in [0.1, 0.15) is 25.3 Å². The standard InChI is InChI=1S/C22H26F2N2O3S/c1-16(26(30(2,28)29)19-8-9-20(23)21(24)15-19)22(27)25-12-10-18(11-13-25)14-17-6-4-3-5-7-17/h3-9,15-16,18H,10-14H2,1-2H3/t16-/m0/s1. The van der Waals surface area contributed by atoms with Crippen LogP contribution >= 0.6 is 0 Å². The molecule has 0 saturated carbocycles. The third-order valence-corrected chi connectivity index (χ3v) is 6.76. The fourth-order valence-corrected chi connectivity index (χ4v) is 5.15. The van der Waals surface area contributed by atoms with Crippen LogP contribution < -0.4 is 4.31 Å². The van der Waals surface area contributed by atoms with Crippen LogP contribution in [-0.4, -0.2) is 44.6 Å². The van der Waals surface area contributed by atoms with Crippen LogP contribution in [0.25, 0.3) is 0 Å². The molecule has 1 fully saturated rings. The molecule has 5 nitrogen and oxygen atoms in total. The maximum Gasteiger partial charge on any atom is 0.246 e. The van der Waals surface area contributed by atoms with Crippen LogP contribution in [0.15, 0.2) is 48.5 Å². The van der Waals surface area contributed by atoms with E-state index in [0.29, 0.717) is 19.0 Å². The van der Waals surface area contributed by atoms with E-state index in [1.807, 2.05) is 18.2 Å². The first-order valence-electron chi connectivity index (χ1n) is 9.94. The lowest BCUT2D eigenvalue weighted by Crippen LogP contribution is -2.51. The summed E-state index contributed by atoms with van der Waals surface area (Å²) in [4.78, 5) is 14.7. The van der Waals surface area contributed by atoms with Crippen molar-refractivity contribution in [2.75, 3.05) is 23.7 Å². The number of benzene rings is 2. The quantitative estimate of drug-likeness (QED) is 0.695. The van der Waals surface area contributed by atoms with E-state index in [0.717, 1.165) is 48.0 Å². The van der Waals surface area contributed by atoms with Gasteiger partial charge in [0.1, 0.15) is 6.04 Å². The third-order valence-electron chi connectivity index (χ3n) is 5.52. The second-order valence-electron chi connectivity index (χ2n) is 7.79. The Morgan fingerprint density at radius 1 is 1.10 bits per heavy atom. The van der Waals surface area contributed by atoms with Gasteiger partial charge in [-0.1, -0.05) is 30.3 Å². The molecule has 1 saturated heterocycles. The van der Waals surface area contributed by atoms with Crippen molar-refractivity contribution in [1.82, 2.24) is 4.90 Å². The van der Waals surface area contributed by atoms with Crippen LogP contribution in [0, 0.1) is 17.6 Å². The lowest BCUT2D eigenvalue weighted by Gasteiger charge is -2.36. The van der Waals surface area contributed by atoms with Gasteiger partial charge in [0.2, 0.25) is 15.9 Å². The molecule has 0 N–H and O–H groups in total. The van der Waals surface area contributed by atoms with Crippen molar-refractivity contribution >= 4 is 21.6 Å². The van der Waals surface area contributed by atoms with Gasteiger partial charge in [0.15, 0.2) is 11.6 Å². The zero-order valence-corrected chi connectivity index (χ0v) is 17.9. The van der Waals surface area contributed by atoms with Crippen LogP contribution in [0.4, 0.5) is 14.5 Å². The molecule has 0 bridgehead atoms. The lowest BCUT2D eigenvalue weighted by molar-refractivity contribution is -0.133. The summed E-state index contributed by atoms with van der Waals surface area (Å²) >= 11 is 0. The number of carbonyl (C=O) groups is 1. The van der Waals surface area contributed by atoms with E-state index in [1.165, 1.54) is 12.5 Å². The van der Waals surface area contributed by atoms with Gasteiger partial charge in [0, 0.05) is 19.2 Å². The summed E-state index contributed by atoms with van der Waals surface area (Å²) in [6, 6.07) is 11.9. The molecule has 3 rings (SSSR count). The van der Waals surface area contributed by atoms with Crippen LogP contribution in [0.2, 0.25) is 0 Å². The van der Waals surface area contributed by atoms with Gasteiger partial charge >= 0.3 is 0 Å². The number of halogens is 2. The average Bonchev–Trinajstić information content (AvgIpc) is 2.70. The molecule has 0 aliphatic carbocycles. The Hall–Kier alpha value is -2.48. The van der Waals surface area contributed by atoms with E-state index in [1.54, 1.807) is 4.90 Å². The summed E-state index contributed by atoms with van der Waals surface area (Å²) < 4.78 is 52.5. The molecule has 0 unspecified atom stereocenters. The van der Waals surface area contributed by atoms with Crippen molar-refractivity contribution in [3.8, 4) is 0 Å². The molecule has 2 aromatic carbocycles. The number of piperidine rings is 1. The number of likely N-dealkylation sites (tertiary alicyclic amines) is 1. The van der Waals surface area contributed by atoms with Crippen LogP contribution in [0.3, 0.4) is 0 Å². The zero-order chi connectivity index (χ0) is 21.9. The average molecular weight is 437 g/mol. The molecule has 0 aromatic heterocycles. The molecular weight excluding hydrogens is 410 g/mol. The molecule has 30 heavy (non-hydrogen) atoms. The summed E-state index contributed by atoms with van der Waals surface area (Å²) in [5, 5.41) is 0. The number of sulfonamides is 1. The number of carbonyl (C=O) groups excluding carboxylic acids is 1. The van der Waals surface area contributed by atoms with E-state index in [2.05, 4.69) is 12.1 Å². The summed E-state index contributed by atoms with van der Waals surface area (Å²) in [6.07, 6.45) is 3.56. The molecule has 1 atom stereocenters. The van der Waals surface area contributed by atoms with Crippen molar-refractivity contribution in [1.29, 1.82) is 0 Å². The SMILES string of the molecule is C[C@@H](C(=O)N1CCC(Cc2ccccc2)CC1)N(c1ccc(F)c(F)c1)S(C)(=O)=O. The minimum absolute atomic E-state index is 0.0730. The number of rotatable bonds is 6. The Kier molecular flexibility index (Phi) is 6.75. The first-order valence-corrected chi connectivity index (χ1v) is 11.8. The van der Waals surface area contributed by atoms with Gasteiger partial charge < -0.3 is 4.90 Å². The number of amides is 1. The Morgan fingerprint density at radius 3 is 2.30 bits per heavy atom. The van der Waals surface area contributed by atoms with Gasteiger partial charge in [-0.2, -0.15) is 0 Å². The predicted molar refractivity (Wildman–Crippen MR) is 113 cm³/mol. The maximum absolute atomic E-state index is 13.7. The topological polar surface area (TPSA) is 57.7 Å². The zero-order valence-electron chi connectivity index (χ0n) is 17.1. The molecule has 162 valence electrons. The second-order valence-corrected chi connectivity index (χ2v) is 9.65. The van der Waals surface area contributed by atoms with E-state index in [9.17, 15) is 22.0 Å². The predicted octanol–water partition coefficient (Wildman–Crippen LogP) is 3.60. The molecule has 0 spiro atoms. The Balaban J connectivity index is 1.69. The molecule has 1 heterocycles. The molecule has 2 aromatic rings. The maximum atomic E-state index is 13.7. The molecule has 1 amide bonds. The molecule has 1 aliphatic heterocycles. The number of anilines is 1. The van der Waals surface area contributed by atoms with Crippen LogP contribution in [0.5, 0.6) is 0 Å². The van der Waals surface area contributed by atoms with Gasteiger partial charge in [-0.15, -0.1) is 0 Å². The molecule has 1 aliphatic rings. The normalized spacial score (nSPS) is 16.3. The number of hydrogen-bond donors (Lipinski definition) is 0. The van der Waals surface area contributed by atoms with Crippen molar-refractivity contribution in [3.05, 3.63) is 65.7 Å². The highest BCUT2D eigenvalue weighted by Gasteiger charge is 2.34. The second kappa shape index (κ2) is 9.12. The summed E-state index contributed by atoms with van der Waals surface area (Å²) in [6.45, 7) is 2.55. The highest BCUT2D eigenvalue weighted by Crippen LogP contribution is 2.26. The van der Waals surface area contributed by atoms with Gasteiger partial charge in [-0.3, -0.25) is 9.10 Å². The van der Waals surface area contributed by atoms with Gasteiger partial charge in [0.25, 0.3) is 0 Å². The minimum Gasteiger partial charge on any atom is -0.341 e. The lowest BCUT2D eigenvalue weighted by atomic mass is 9.90. The Labute approximate surface area is 176 Å². The minimum atomic E-state index is -3.89. The van der Waals surface area contributed by atoms with E-state index >= 15 is 0 Å². The summed E-state index contributed by atoms with van der Waals surface area (Å²) in [5.74, 6) is -2.12. The van der Waals surface area contributed by atoms with Crippen LogP contribution in [-0.2, 0) is 21.2 Å². The van der Waals surface area contributed by atoms with E-state index in [4.69, 9.17) is 0 Å². The molecule has 0 radical (unpaired) electrons. The first-order chi connectivity index (χ1) is 14.2. The highest BCUT2D eigenvalue weighted by atomic mass is 32.2. The number of hydrogen-bond acceptors (Lipinski definition) is 3. The fourth-order valence-electron chi connectivity index (χ4n) is 3.99. The largest absolute Gasteiger partial charge is 0.341 e. The summed E-state index contributed by atoms with van der Waals surface area (Å²) in [7, 11) is -3.89. The van der Waals surface area contributed by atoms with Gasteiger partial charge in [-0.05, 0) is 49.8 Å². The van der Waals surface area contributed by atoms with Gasteiger partial charge in [0.05, 0.1) is 11.9 Å². The summed E-state index contributed by atoms with van der Waals surface area (Å²) in [5.41, 5.74) is 1.19. The number of nitrogens with zero attached hydrogens (tertiary/aromatic N) is 2. The third kappa shape index (κ3) is 5.16. The monoisotopic (exact) mass is 436 g/mol. The first kappa shape index (κ1) is 22.2. The van der Waals surface area contributed by atoms with Crippen molar-refractivity contribution in [2.45, 2.75) is 32.2 Å². The molecular formula is C22H26F2N2O3S. The fraction of sp³-hybridized carbons (Fsp3) is 0.409. The highest BCUT2D eigenvalue weighted by molar-refractivity contribution is 7.92. The van der Waals surface area contributed by atoms with E-state index in [-0.39, 0.29) is 11.6 Å². The van der Waals surface area contributed by atoms with Crippen molar-refractivity contribution in [2.24, 2.45) is 5.92 Å². The van der Waals surface area contributed by atoms with Crippen molar-refractivity contribution in [3.63, 3.8) is 0 Å². The van der Waals surface area contributed by atoms with E-state index < -0.39 is 27.7 Å². The van der Waals surface area contributed by atoms with Gasteiger partial charge in [-0.25, -0.2) is 17.2 Å².